The van der Waals surface area contributed by atoms with E-state index in [9.17, 15) is 8.78 Å². The molecule has 0 aliphatic carbocycles. The first-order valence-corrected chi connectivity index (χ1v) is 6.07. The van der Waals surface area contributed by atoms with E-state index in [0.717, 1.165) is 25.0 Å². The number of hydrogen-bond acceptors (Lipinski definition) is 3. The maximum Gasteiger partial charge on any atom is 0.168 e. The number of halogens is 2. The van der Waals surface area contributed by atoms with Gasteiger partial charge in [-0.3, -0.25) is 0 Å². The second-order valence-electron chi connectivity index (χ2n) is 4.18. The molecule has 0 radical (unpaired) electrons. The van der Waals surface area contributed by atoms with E-state index in [0.29, 0.717) is 13.2 Å². The smallest absolute Gasteiger partial charge is 0.168 e. The van der Waals surface area contributed by atoms with Crippen molar-refractivity contribution in [2.24, 2.45) is 0 Å². The lowest BCUT2D eigenvalue weighted by Gasteiger charge is -2.10. The zero-order valence-electron chi connectivity index (χ0n) is 10.2. The number of unbranched alkanes of at least 4 members (excludes halogenated alkanes) is 1. The molecule has 1 aliphatic heterocycles. The van der Waals surface area contributed by atoms with E-state index in [1.165, 1.54) is 0 Å². The Morgan fingerprint density at radius 2 is 1.83 bits per heavy atom. The monoisotopic (exact) mass is 258 g/mol. The second-order valence-corrected chi connectivity index (χ2v) is 4.18. The van der Waals surface area contributed by atoms with Crippen molar-refractivity contribution < 1.29 is 23.0 Å². The molecule has 0 unspecified atom stereocenters. The van der Waals surface area contributed by atoms with Gasteiger partial charge in [0.25, 0.3) is 0 Å². The van der Waals surface area contributed by atoms with Gasteiger partial charge in [-0.2, -0.15) is 0 Å². The summed E-state index contributed by atoms with van der Waals surface area (Å²) in [5.41, 5.74) is 0. The Balaban J connectivity index is 1.97. The summed E-state index contributed by atoms with van der Waals surface area (Å²) in [6, 6.07) is 2.03. The van der Waals surface area contributed by atoms with Crippen LogP contribution in [0.15, 0.2) is 12.1 Å². The fourth-order valence-electron chi connectivity index (χ4n) is 1.41. The first-order valence-electron chi connectivity index (χ1n) is 6.07. The molecular weight excluding hydrogens is 242 g/mol. The van der Waals surface area contributed by atoms with Gasteiger partial charge >= 0.3 is 0 Å². The number of epoxide rings is 1. The molecule has 100 valence electrons. The standard InChI is InChI=1S/C13H16F2O3/c1-2-3-4-16-12-5-11(15)13(6-10(12)14)18-8-9-7-17-9/h5-6,9H,2-4,7-8H2,1H3/t9-/m0/s1. The molecule has 3 nitrogen and oxygen atoms in total. The summed E-state index contributed by atoms with van der Waals surface area (Å²) in [4.78, 5) is 0. The largest absolute Gasteiger partial charge is 0.490 e. The minimum absolute atomic E-state index is 0.00735. The average Bonchev–Trinajstić information content (AvgIpc) is 3.15. The lowest BCUT2D eigenvalue weighted by atomic mass is 10.3. The summed E-state index contributed by atoms with van der Waals surface area (Å²) in [5.74, 6) is -1.41. The summed E-state index contributed by atoms with van der Waals surface area (Å²) in [6.45, 7) is 3.23. The van der Waals surface area contributed by atoms with Gasteiger partial charge in [0.2, 0.25) is 0 Å². The molecule has 1 saturated heterocycles. The van der Waals surface area contributed by atoms with E-state index in [1.54, 1.807) is 0 Å². The van der Waals surface area contributed by atoms with E-state index in [1.807, 2.05) is 6.92 Å². The minimum atomic E-state index is -0.622. The Morgan fingerprint density at radius 3 is 2.39 bits per heavy atom. The second kappa shape index (κ2) is 6.00. The van der Waals surface area contributed by atoms with Gasteiger partial charge in [-0.05, 0) is 6.42 Å². The summed E-state index contributed by atoms with van der Waals surface area (Å²) < 4.78 is 42.4. The normalized spacial score (nSPS) is 17.6. The molecule has 0 amide bonds. The Kier molecular flexibility index (Phi) is 4.36. The highest BCUT2D eigenvalue weighted by Gasteiger charge is 2.24. The van der Waals surface area contributed by atoms with Crippen LogP contribution in [0.25, 0.3) is 0 Å². The van der Waals surface area contributed by atoms with Crippen LogP contribution < -0.4 is 9.47 Å². The number of hydrogen-bond donors (Lipinski definition) is 0. The molecule has 5 heteroatoms. The quantitative estimate of drug-likeness (QED) is 0.556. The molecule has 1 atom stereocenters. The molecule has 0 aromatic heterocycles. The molecule has 1 aromatic carbocycles. The van der Waals surface area contributed by atoms with Gasteiger partial charge in [0, 0.05) is 12.1 Å². The van der Waals surface area contributed by atoms with Gasteiger partial charge in [0.05, 0.1) is 13.2 Å². The van der Waals surface area contributed by atoms with Crippen LogP contribution in [0.2, 0.25) is 0 Å². The molecule has 0 N–H and O–H groups in total. The molecule has 2 rings (SSSR count). The van der Waals surface area contributed by atoms with Crippen molar-refractivity contribution >= 4 is 0 Å². The Bertz CT molecular complexity index is 405. The van der Waals surface area contributed by atoms with Gasteiger partial charge in [-0.15, -0.1) is 0 Å². The van der Waals surface area contributed by atoms with Crippen LogP contribution in [-0.2, 0) is 4.74 Å². The number of benzene rings is 1. The van der Waals surface area contributed by atoms with Crippen molar-refractivity contribution in [1.29, 1.82) is 0 Å². The van der Waals surface area contributed by atoms with Crippen molar-refractivity contribution in [3.8, 4) is 11.5 Å². The summed E-state index contributed by atoms with van der Waals surface area (Å²) >= 11 is 0. The average molecular weight is 258 g/mol. The highest BCUT2D eigenvalue weighted by atomic mass is 19.1. The molecule has 0 bridgehead atoms. The first-order chi connectivity index (χ1) is 8.70. The van der Waals surface area contributed by atoms with Crippen LogP contribution in [0.1, 0.15) is 19.8 Å². The lowest BCUT2D eigenvalue weighted by molar-refractivity contribution is 0.249. The van der Waals surface area contributed by atoms with Crippen molar-refractivity contribution in [2.45, 2.75) is 25.9 Å². The predicted molar refractivity (Wildman–Crippen MR) is 62.0 cm³/mol. The van der Waals surface area contributed by atoms with E-state index < -0.39 is 11.6 Å². The highest BCUT2D eigenvalue weighted by Crippen LogP contribution is 2.27. The van der Waals surface area contributed by atoms with Crippen LogP contribution in [0.3, 0.4) is 0 Å². The molecule has 1 fully saturated rings. The van der Waals surface area contributed by atoms with E-state index in [2.05, 4.69) is 0 Å². The third-order valence-corrected chi connectivity index (χ3v) is 2.57. The summed E-state index contributed by atoms with van der Waals surface area (Å²) in [7, 11) is 0. The summed E-state index contributed by atoms with van der Waals surface area (Å²) in [6.07, 6.45) is 1.75. The van der Waals surface area contributed by atoms with Crippen LogP contribution >= 0.6 is 0 Å². The SMILES string of the molecule is CCCCOc1cc(F)c(OC[C@@H]2CO2)cc1F. The predicted octanol–water partition coefficient (Wildman–Crippen LogP) is 2.92. The minimum Gasteiger partial charge on any atom is -0.490 e. The van der Waals surface area contributed by atoms with E-state index >= 15 is 0 Å². The van der Waals surface area contributed by atoms with Gasteiger partial charge in [0.15, 0.2) is 23.1 Å². The number of rotatable bonds is 7. The lowest BCUT2D eigenvalue weighted by Crippen LogP contribution is -2.06. The third kappa shape index (κ3) is 3.57. The van der Waals surface area contributed by atoms with Crippen LogP contribution in [0.4, 0.5) is 8.78 Å². The molecule has 1 aliphatic rings. The fraction of sp³-hybridized carbons (Fsp3) is 0.538. The van der Waals surface area contributed by atoms with Crippen LogP contribution in [-0.4, -0.2) is 25.9 Å². The van der Waals surface area contributed by atoms with Crippen LogP contribution in [0, 0.1) is 11.6 Å². The van der Waals surface area contributed by atoms with Gasteiger partial charge in [-0.1, -0.05) is 13.3 Å². The number of ether oxygens (including phenoxy) is 3. The maximum atomic E-state index is 13.6. The Labute approximate surface area is 105 Å². The van der Waals surface area contributed by atoms with Crippen LogP contribution in [0.5, 0.6) is 11.5 Å². The van der Waals surface area contributed by atoms with Crippen molar-refractivity contribution in [3.05, 3.63) is 23.8 Å². The molecule has 1 heterocycles. The molecule has 18 heavy (non-hydrogen) atoms. The Morgan fingerprint density at radius 1 is 1.22 bits per heavy atom. The zero-order chi connectivity index (χ0) is 13.0. The topological polar surface area (TPSA) is 31.0 Å². The summed E-state index contributed by atoms with van der Waals surface area (Å²) in [5, 5.41) is 0. The Hall–Kier alpha value is -1.36. The highest BCUT2D eigenvalue weighted by molar-refractivity contribution is 5.34. The third-order valence-electron chi connectivity index (χ3n) is 2.57. The van der Waals surface area contributed by atoms with Gasteiger partial charge in [0.1, 0.15) is 12.7 Å². The van der Waals surface area contributed by atoms with Crippen molar-refractivity contribution in [3.63, 3.8) is 0 Å². The first kappa shape index (κ1) is 13.1. The van der Waals surface area contributed by atoms with Gasteiger partial charge < -0.3 is 14.2 Å². The van der Waals surface area contributed by atoms with Gasteiger partial charge in [-0.25, -0.2) is 8.78 Å². The molecular formula is C13H16F2O3. The molecule has 0 saturated carbocycles. The van der Waals surface area contributed by atoms with E-state index in [-0.39, 0.29) is 24.2 Å². The maximum absolute atomic E-state index is 13.6. The van der Waals surface area contributed by atoms with E-state index in [4.69, 9.17) is 14.2 Å². The van der Waals surface area contributed by atoms with Crippen molar-refractivity contribution in [1.82, 2.24) is 0 Å². The van der Waals surface area contributed by atoms with Crippen molar-refractivity contribution in [2.75, 3.05) is 19.8 Å². The fourth-order valence-corrected chi connectivity index (χ4v) is 1.41. The molecule has 0 spiro atoms. The zero-order valence-corrected chi connectivity index (χ0v) is 10.2. The molecule has 1 aromatic rings.